The van der Waals surface area contributed by atoms with Crippen LogP contribution in [0.25, 0.3) is 0 Å². The van der Waals surface area contributed by atoms with E-state index in [0.29, 0.717) is 24.0 Å². The Labute approximate surface area is 218 Å². The van der Waals surface area contributed by atoms with Crippen molar-refractivity contribution in [1.82, 2.24) is 9.80 Å². The molecule has 36 heavy (non-hydrogen) atoms. The van der Waals surface area contributed by atoms with E-state index < -0.39 is 6.04 Å². The van der Waals surface area contributed by atoms with Crippen molar-refractivity contribution in [3.63, 3.8) is 0 Å². The molecule has 1 heterocycles. The summed E-state index contributed by atoms with van der Waals surface area (Å²) < 4.78 is 10.9. The number of anilines is 1. The lowest BCUT2D eigenvalue weighted by Crippen LogP contribution is -2.42. The summed E-state index contributed by atoms with van der Waals surface area (Å²) >= 11 is 5.84. The first-order valence-corrected chi connectivity index (χ1v) is 13.2. The topological polar surface area (TPSA) is 71.1 Å². The number of carbonyl (C=O) groups is 2. The Morgan fingerprint density at radius 3 is 2.33 bits per heavy atom. The van der Waals surface area contributed by atoms with E-state index in [-0.39, 0.29) is 24.3 Å². The van der Waals surface area contributed by atoms with Crippen molar-refractivity contribution >= 4 is 34.8 Å². The number of thiocarbonyl (C=S) groups is 1. The number of hydrogen-bond acceptors (Lipinski definition) is 5. The Hall–Kier alpha value is -3.13. The molecule has 8 heteroatoms. The Bertz CT molecular complexity index is 1050. The van der Waals surface area contributed by atoms with Crippen molar-refractivity contribution in [3.8, 4) is 11.5 Å². The van der Waals surface area contributed by atoms with E-state index in [1.807, 2.05) is 53.4 Å². The Kier molecular flexibility index (Phi) is 8.80. The third-order valence-corrected chi connectivity index (χ3v) is 7.22. The lowest BCUT2D eigenvalue weighted by atomic mass is 9.94. The summed E-state index contributed by atoms with van der Waals surface area (Å²) in [5.74, 6) is 1.24. The smallest absolute Gasteiger partial charge is 0.252 e. The molecule has 2 aromatic rings. The maximum absolute atomic E-state index is 13.6. The highest BCUT2D eigenvalue weighted by atomic mass is 32.1. The number of carbonyl (C=O) groups excluding carboxylic acids is 2. The molecule has 4 rings (SSSR count). The molecule has 192 valence electrons. The number of ether oxygens (including phenoxy) is 2. The first kappa shape index (κ1) is 25.9. The minimum Gasteiger partial charge on any atom is -0.497 e. The highest BCUT2D eigenvalue weighted by molar-refractivity contribution is 7.80. The second kappa shape index (κ2) is 12.2. The summed E-state index contributed by atoms with van der Waals surface area (Å²) in [4.78, 5) is 30.4. The SMILES string of the molecule is CCCOc1ccc(NC(=O)C[C@H]2C(=O)N(C3CCCCC3)C(=S)N2Cc2ccc(OC)cc2)cc1. The molecular formula is C28H35N3O4S. The zero-order valence-electron chi connectivity index (χ0n) is 21.1. The van der Waals surface area contributed by atoms with E-state index in [1.165, 1.54) is 6.42 Å². The van der Waals surface area contributed by atoms with Crippen LogP contribution in [-0.2, 0) is 16.1 Å². The van der Waals surface area contributed by atoms with Crippen LogP contribution in [0.2, 0.25) is 0 Å². The normalized spacial score (nSPS) is 18.4. The summed E-state index contributed by atoms with van der Waals surface area (Å²) in [5, 5.41) is 3.46. The van der Waals surface area contributed by atoms with Crippen LogP contribution in [0.1, 0.15) is 57.4 Å². The van der Waals surface area contributed by atoms with Crippen molar-refractivity contribution < 1.29 is 19.1 Å². The summed E-state index contributed by atoms with van der Waals surface area (Å²) in [6.07, 6.45) is 6.25. The number of nitrogens with zero attached hydrogens (tertiary/aromatic N) is 2. The summed E-state index contributed by atoms with van der Waals surface area (Å²) in [6, 6.07) is 14.5. The first-order valence-electron chi connectivity index (χ1n) is 12.8. The minimum absolute atomic E-state index is 0.0342. The third kappa shape index (κ3) is 6.16. The van der Waals surface area contributed by atoms with Crippen molar-refractivity contribution in [2.24, 2.45) is 0 Å². The van der Waals surface area contributed by atoms with Crippen LogP contribution in [0.5, 0.6) is 11.5 Å². The predicted octanol–water partition coefficient (Wildman–Crippen LogP) is 5.14. The van der Waals surface area contributed by atoms with Gasteiger partial charge in [-0.25, -0.2) is 0 Å². The molecule has 0 unspecified atom stereocenters. The van der Waals surface area contributed by atoms with Crippen LogP contribution in [0, 0.1) is 0 Å². The van der Waals surface area contributed by atoms with Crippen LogP contribution in [0.3, 0.4) is 0 Å². The maximum atomic E-state index is 13.6. The molecule has 1 atom stereocenters. The largest absolute Gasteiger partial charge is 0.497 e. The van der Waals surface area contributed by atoms with Gasteiger partial charge < -0.3 is 19.7 Å². The quantitative estimate of drug-likeness (QED) is 0.447. The first-order chi connectivity index (χ1) is 17.5. The zero-order valence-corrected chi connectivity index (χ0v) is 21.9. The molecule has 0 bridgehead atoms. The van der Waals surface area contributed by atoms with Crippen LogP contribution in [-0.4, -0.2) is 52.5 Å². The van der Waals surface area contributed by atoms with Crippen LogP contribution in [0.4, 0.5) is 5.69 Å². The van der Waals surface area contributed by atoms with Gasteiger partial charge in [0.2, 0.25) is 5.91 Å². The van der Waals surface area contributed by atoms with Gasteiger partial charge in [-0.05, 0) is 73.4 Å². The minimum atomic E-state index is -0.631. The van der Waals surface area contributed by atoms with Gasteiger partial charge in [0.05, 0.1) is 20.1 Å². The number of benzene rings is 2. The van der Waals surface area contributed by atoms with Gasteiger partial charge >= 0.3 is 0 Å². The van der Waals surface area contributed by atoms with E-state index in [4.69, 9.17) is 21.7 Å². The average Bonchev–Trinajstić information content (AvgIpc) is 3.13. The van der Waals surface area contributed by atoms with Crippen molar-refractivity contribution in [2.75, 3.05) is 19.0 Å². The lowest BCUT2D eigenvalue weighted by Gasteiger charge is -2.31. The van der Waals surface area contributed by atoms with Gasteiger partial charge in [-0.3, -0.25) is 14.5 Å². The van der Waals surface area contributed by atoms with Gasteiger partial charge in [0.25, 0.3) is 5.91 Å². The van der Waals surface area contributed by atoms with E-state index >= 15 is 0 Å². The number of nitrogens with one attached hydrogen (secondary N) is 1. The zero-order chi connectivity index (χ0) is 25.5. The molecule has 0 aromatic heterocycles. The van der Waals surface area contributed by atoms with Crippen LogP contribution in [0.15, 0.2) is 48.5 Å². The lowest BCUT2D eigenvalue weighted by molar-refractivity contribution is -0.132. The standard InChI is InChI=1S/C28H35N3O4S/c1-3-17-35-24-15-11-21(12-16-24)29-26(32)18-25-27(33)31(22-7-5-4-6-8-22)28(36)30(25)19-20-9-13-23(34-2)14-10-20/h9-16,22,25H,3-8,17-19H2,1-2H3,(H,29,32)/t25-/m0/s1. The molecule has 2 aliphatic rings. The van der Waals surface area contributed by atoms with Crippen molar-refractivity contribution in [2.45, 2.75) is 70.5 Å². The number of hydrogen-bond donors (Lipinski definition) is 1. The molecule has 1 N–H and O–H groups in total. The number of rotatable bonds is 10. The number of amides is 2. The van der Waals surface area contributed by atoms with Gasteiger partial charge in [-0.1, -0.05) is 38.3 Å². The molecule has 0 radical (unpaired) electrons. The Morgan fingerprint density at radius 2 is 1.69 bits per heavy atom. The highest BCUT2D eigenvalue weighted by Crippen LogP contribution is 2.31. The second-order valence-corrected chi connectivity index (χ2v) is 9.76. The average molecular weight is 510 g/mol. The van der Waals surface area contributed by atoms with E-state index in [9.17, 15) is 9.59 Å². The molecule has 1 saturated carbocycles. The van der Waals surface area contributed by atoms with Gasteiger partial charge in [0.15, 0.2) is 5.11 Å². The fraction of sp³-hybridized carbons (Fsp3) is 0.464. The van der Waals surface area contributed by atoms with Crippen LogP contribution < -0.4 is 14.8 Å². The third-order valence-electron chi connectivity index (χ3n) is 6.79. The van der Waals surface area contributed by atoms with Gasteiger partial charge in [0.1, 0.15) is 17.5 Å². The molecule has 2 amide bonds. The second-order valence-electron chi connectivity index (χ2n) is 9.40. The predicted molar refractivity (Wildman–Crippen MR) is 144 cm³/mol. The maximum Gasteiger partial charge on any atom is 0.252 e. The molecule has 7 nitrogen and oxygen atoms in total. The number of methoxy groups -OCH3 is 1. The summed E-state index contributed by atoms with van der Waals surface area (Å²) in [7, 11) is 1.63. The fourth-order valence-electron chi connectivity index (χ4n) is 4.88. The van der Waals surface area contributed by atoms with Gasteiger partial charge in [-0.2, -0.15) is 0 Å². The molecular weight excluding hydrogens is 474 g/mol. The molecule has 2 fully saturated rings. The molecule has 0 spiro atoms. The molecule has 2 aromatic carbocycles. The van der Waals surface area contributed by atoms with Crippen molar-refractivity contribution in [1.29, 1.82) is 0 Å². The van der Waals surface area contributed by atoms with E-state index in [1.54, 1.807) is 12.0 Å². The Balaban J connectivity index is 1.48. The molecule has 1 aliphatic heterocycles. The molecule has 1 saturated heterocycles. The highest BCUT2D eigenvalue weighted by Gasteiger charge is 2.46. The van der Waals surface area contributed by atoms with Crippen molar-refractivity contribution in [3.05, 3.63) is 54.1 Å². The Morgan fingerprint density at radius 1 is 1.03 bits per heavy atom. The van der Waals surface area contributed by atoms with E-state index in [2.05, 4.69) is 12.2 Å². The van der Waals surface area contributed by atoms with Crippen LogP contribution >= 0.6 is 12.2 Å². The van der Waals surface area contributed by atoms with E-state index in [0.717, 1.165) is 49.2 Å². The van der Waals surface area contributed by atoms with Gasteiger partial charge in [-0.15, -0.1) is 0 Å². The summed E-state index contributed by atoms with van der Waals surface area (Å²) in [5.41, 5.74) is 1.67. The monoisotopic (exact) mass is 509 g/mol. The van der Waals surface area contributed by atoms with Gasteiger partial charge in [0, 0.05) is 18.3 Å². The summed E-state index contributed by atoms with van der Waals surface area (Å²) in [6.45, 7) is 3.16. The molecule has 1 aliphatic carbocycles. The fourth-order valence-corrected chi connectivity index (χ4v) is 5.31.